The number of ether oxygens (including phenoxy) is 1. The summed E-state index contributed by atoms with van der Waals surface area (Å²) >= 11 is 0. The molecule has 0 atom stereocenters. The average Bonchev–Trinajstić information content (AvgIpc) is 2.24. The Bertz CT molecular complexity index is 197. The van der Waals surface area contributed by atoms with E-state index in [4.69, 9.17) is 4.74 Å². The van der Waals surface area contributed by atoms with Crippen molar-refractivity contribution in [2.45, 2.75) is 57.8 Å². The van der Waals surface area contributed by atoms with Gasteiger partial charge >= 0.3 is 5.97 Å². The molecule has 2 nitrogen and oxygen atoms in total. The minimum Gasteiger partial charge on any atom is -0.465 e. The summed E-state index contributed by atoms with van der Waals surface area (Å²) in [5.41, 5.74) is 0. The van der Waals surface area contributed by atoms with E-state index in [0.29, 0.717) is 13.0 Å². The van der Waals surface area contributed by atoms with Crippen LogP contribution in [0, 0.1) is 0 Å². The van der Waals surface area contributed by atoms with E-state index in [0.717, 1.165) is 12.8 Å². The molecule has 0 aromatic rings. The smallest absolute Gasteiger partial charge is 0.309 e. The maximum absolute atomic E-state index is 11.2. The van der Waals surface area contributed by atoms with E-state index in [9.17, 15) is 4.79 Å². The molecule has 0 aromatic carbocycles. The van der Waals surface area contributed by atoms with Crippen LogP contribution in [-0.4, -0.2) is 12.6 Å². The van der Waals surface area contributed by atoms with Crippen LogP contribution in [0.4, 0.5) is 0 Å². The molecule has 86 valence electrons. The Hall–Kier alpha value is -0.790. The second kappa shape index (κ2) is 8.51. The predicted molar refractivity (Wildman–Crippen MR) is 61.7 cm³/mol. The van der Waals surface area contributed by atoms with Gasteiger partial charge in [0.15, 0.2) is 0 Å². The Morgan fingerprint density at radius 2 is 1.53 bits per heavy atom. The standard InChI is InChI=1S/C13H22O2/c14-13-11-9-7-5-3-1-2-4-6-8-10-12-15-13/h7,9H,1-6,8,10-12H2/b9-7+. The molecule has 0 saturated heterocycles. The minimum absolute atomic E-state index is 0.0803. The molecule has 0 radical (unpaired) electrons. The molecule has 0 fully saturated rings. The summed E-state index contributed by atoms with van der Waals surface area (Å²) < 4.78 is 5.10. The highest BCUT2D eigenvalue weighted by atomic mass is 16.5. The highest BCUT2D eigenvalue weighted by molar-refractivity contribution is 5.71. The number of cyclic esters (lactones) is 1. The lowest BCUT2D eigenvalue weighted by Gasteiger charge is -2.04. The zero-order valence-corrected chi connectivity index (χ0v) is 9.54. The van der Waals surface area contributed by atoms with Gasteiger partial charge in [0.05, 0.1) is 13.0 Å². The SMILES string of the molecule is O=C1C/C=C/CCCCCCCCCO1. The average molecular weight is 210 g/mol. The van der Waals surface area contributed by atoms with Crippen molar-refractivity contribution in [3.63, 3.8) is 0 Å². The fourth-order valence-corrected chi connectivity index (χ4v) is 1.79. The van der Waals surface area contributed by atoms with E-state index < -0.39 is 0 Å². The van der Waals surface area contributed by atoms with Gasteiger partial charge in [-0.05, 0) is 19.3 Å². The highest BCUT2D eigenvalue weighted by Crippen LogP contribution is 2.10. The maximum atomic E-state index is 11.2. The van der Waals surface area contributed by atoms with Gasteiger partial charge in [0.25, 0.3) is 0 Å². The molecule has 2 heteroatoms. The second-order valence-electron chi connectivity index (χ2n) is 4.16. The van der Waals surface area contributed by atoms with Gasteiger partial charge in [-0.2, -0.15) is 0 Å². The summed E-state index contributed by atoms with van der Waals surface area (Å²) in [6.07, 6.45) is 14.4. The first-order valence-corrected chi connectivity index (χ1v) is 6.20. The quantitative estimate of drug-likeness (QED) is 0.451. The van der Waals surface area contributed by atoms with Crippen molar-refractivity contribution in [1.29, 1.82) is 0 Å². The molecule has 1 aliphatic heterocycles. The maximum Gasteiger partial charge on any atom is 0.309 e. The van der Waals surface area contributed by atoms with Crippen molar-refractivity contribution >= 4 is 5.97 Å². The van der Waals surface area contributed by atoms with E-state index in [2.05, 4.69) is 6.08 Å². The normalized spacial score (nSPS) is 23.9. The first-order chi connectivity index (χ1) is 7.39. The number of rotatable bonds is 0. The first kappa shape index (κ1) is 12.3. The molecule has 0 bridgehead atoms. The van der Waals surface area contributed by atoms with Crippen LogP contribution in [0.15, 0.2) is 12.2 Å². The van der Waals surface area contributed by atoms with Gasteiger partial charge in [0.1, 0.15) is 0 Å². The van der Waals surface area contributed by atoms with Crippen LogP contribution in [0.25, 0.3) is 0 Å². The van der Waals surface area contributed by atoms with Crippen molar-refractivity contribution in [2.24, 2.45) is 0 Å². The second-order valence-corrected chi connectivity index (χ2v) is 4.16. The van der Waals surface area contributed by atoms with E-state index in [1.807, 2.05) is 6.08 Å². The molecule has 0 spiro atoms. The Kier molecular flexibility index (Phi) is 6.97. The summed E-state index contributed by atoms with van der Waals surface area (Å²) in [6, 6.07) is 0. The van der Waals surface area contributed by atoms with Gasteiger partial charge in [-0.1, -0.05) is 44.3 Å². The van der Waals surface area contributed by atoms with Crippen LogP contribution in [0.1, 0.15) is 57.8 Å². The van der Waals surface area contributed by atoms with Crippen LogP contribution in [0.2, 0.25) is 0 Å². The largest absolute Gasteiger partial charge is 0.465 e. The molecule has 0 N–H and O–H groups in total. The number of carbonyl (C=O) groups excluding carboxylic acids is 1. The van der Waals surface area contributed by atoms with Crippen molar-refractivity contribution in [3.8, 4) is 0 Å². The van der Waals surface area contributed by atoms with E-state index >= 15 is 0 Å². The summed E-state index contributed by atoms with van der Waals surface area (Å²) in [5.74, 6) is -0.0803. The number of esters is 1. The zero-order valence-electron chi connectivity index (χ0n) is 9.54. The highest BCUT2D eigenvalue weighted by Gasteiger charge is 1.99. The van der Waals surface area contributed by atoms with Crippen molar-refractivity contribution in [1.82, 2.24) is 0 Å². The molecule has 0 unspecified atom stereocenters. The predicted octanol–water partition coefficient (Wildman–Crippen LogP) is 3.61. The van der Waals surface area contributed by atoms with Crippen LogP contribution >= 0.6 is 0 Å². The number of hydrogen-bond acceptors (Lipinski definition) is 2. The first-order valence-electron chi connectivity index (χ1n) is 6.20. The lowest BCUT2D eigenvalue weighted by molar-refractivity contribution is -0.142. The summed E-state index contributed by atoms with van der Waals surface area (Å²) in [7, 11) is 0. The lowest BCUT2D eigenvalue weighted by atomic mass is 10.1. The van der Waals surface area contributed by atoms with Crippen LogP contribution in [-0.2, 0) is 9.53 Å². The van der Waals surface area contributed by atoms with Crippen LogP contribution in [0.3, 0.4) is 0 Å². The molecular weight excluding hydrogens is 188 g/mol. The Morgan fingerprint density at radius 3 is 2.33 bits per heavy atom. The molecule has 1 aliphatic rings. The summed E-state index contributed by atoms with van der Waals surface area (Å²) in [4.78, 5) is 11.2. The van der Waals surface area contributed by atoms with E-state index in [1.165, 1.54) is 38.5 Å². The van der Waals surface area contributed by atoms with Crippen LogP contribution in [0.5, 0.6) is 0 Å². The van der Waals surface area contributed by atoms with Gasteiger partial charge in [-0.25, -0.2) is 0 Å². The molecule has 0 amide bonds. The number of allylic oxidation sites excluding steroid dienone is 1. The van der Waals surface area contributed by atoms with Crippen molar-refractivity contribution in [3.05, 3.63) is 12.2 Å². The molecular formula is C13H22O2. The fraction of sp³-hybridized carbons (Fsp3) is 0.769. The Morgan fingerprint density at radius 1 is 0.867 bits per heavy atom. The van der Waals surface area contributed by atoms with Gasteiger partial charge < -0.3 is 4.74 Å². The summed E-state index contributed by atoms with van der Waals surface area (Å²) in [5, 5.41) is 0. The monoisotopic (exact) mass is 210 g/mol. The van der Waals surface area contributed by atoms with Gasteiger partial charge in [-0.3, -0.25) is 4.79 Å². The van der Waals surface area contributed by atoms with E-state index in [-0.39, 0.29) is 5.97 Å². The molecule has 0 saturated carbocycles. The Labute approximate surface area is 92.7 Å². The third-order valence-corrected chi connectivity index (χ3v) is 2.73. The molecule has 1 heterocycles. The minimum atomic E-state index is -0.0803. The van der Waals surface area contributed by atoms with Gasteiger partial charge in [-0.15, -0.1) is 0 Å². The Balaban J connectivity index is 2.22. The lowest BCUT2D eigenvalue weighted by Crippen LogP contribution is -2.04. The fourth-order valence-electron chi connectivity index (χ4n) is 1.79. The molecule has 1 rings (SSSR count). The third-order valence-electron chi connectivity index (χ3n) is 2.73. The van der Waals surface area contributed by atoms with Gasteiger partial charge in [0, 0.05) is 0 Å². The van der Waals surface area contributed by atoms with E-state index in [1.54, 1.807) is 0 Å². The number of hydrogen-bond donors (Lipinski definition) is 0. The van der Waals surface area contributed by atoms with Crippen molar-refractivity contribution in [2.75, 3.05) is 6.61 Å². The molecule has 0 aliphatic carbocycles. The van der Waals surface area contributed by atoms with Crippen LogP contribution < -0.4 is 0 Å². The van der Waals surface area contributed by atoms with Gasteiger partial charge in [0.2, 0.25) is 0 Å². The zero-order chi connectivity index (χ0) is 10.8. The summed E-state index contributed by atoms with van der Waals surface area (Å²) in [6.45, 7) is 0.604. The third kappa shape index (κ3) is 7.18. The molecule has 15 heavy (non-hydrogen) atoms. The molecule has 0 aromatic heterocycles. The van der Waals surface area contributed by atoms with Crippen molar-refractivity contribution < 1.29 is 9.53 Å². The topological polar surface area (TPSA) is 26.3 Å². The number of carbonyl (C=O) groups is 1.